The second kappa shape index (κ2) is 7.65. The van der Waals surface area contributed by atoms with E-state index < -0.39 is 15.3 Å². The van der Waals surface area contributed by atoms with Crippen LogP contribution in [-0.4, -0.2) is 13.7 Å². The molecule has 3 aromatic rings. The molecule has 0 spiro atoms. The zero-order chi connectivity index (χ0) is 19.4. The van der Waals surface area contributed by atoms with Crippen molar-refractivity contribution in [2.75, 3.05) is 4.72 Å². The lowest BCUT2D eigenvalue weighted by molar-refractivity contribution is 0.593. The number of anilines is 1. The lowest BCUT2D eigenvalue weighted by Gasteiger charge is -2.15. The minimum atomic E-state index is -3.42. The molecule has 0 bridgehead atoms. The molecule has 0 atom stereocenters. The summed E-state index contributed by atoms with van der Waals surface area (Å²) in [6.45, 7) is 3.30. The lowest BCUT2D eigenvalue weighted by Crippen LogP contribution is -2.22. The molecule has 4 nitrogen and oxygen atoms in total. The van der Waals surface area contributed by atoms with Gasteiger partial charge >= 0.3 is 0 Å². The molecule has 136 valence electrons. The van der Waals surface area contributed by atoms with Crippen molar-refractivity contribution in [3.8, 4) is 28.3 Å². The lowest BCUT2D eigenvalue weighted by atomic mass is 9.99. The van der Waals surface area contributed by atoms with Gasteiger partial charge < -0.3 is 0 Å². The maximum absolute atomic E-state index is 12.2. The summed E-state index contributed by atoms with van der Waals surface area (Å²) in [5, 5.41) is 8.39. The van der Waals surface area contributed by atoms with E-state index in [2.05, 4.69) is 10.8 Å². The minimum Gasteiger partial charge on any atom is -0.283 e. The van der Waals surface area contributed by atoms with E-state index in [1.54, 1.807) is 32.0 Å². The van der Waals surface area contributed by atoms with Gasteiger partial charge in [-0.15, -0.1) is 0 Å². The van der Waals surface area contributed by atoms with Gasteiger partial charge in [-0.1, -0.05) is 54.6 Å². The largest absolute Gasteiger partial charge is 0.283 e. The molecule has 0 radical (unpaired) electrons. The van der Waals surface area contributed by atoms with E-state index >= 15 is 0 Å². The Morgan fingerprint density at radius 3 is 1.89 bits per heavy atom. The highest BCUT2D eigenvalue weighted by molar-refractivity contribution is 7.93. The summed E-state index contributed by atoms with van der Waals surface area (Å²) in [6.07, 6.45) is 0. The maximum atomic E-state index is 12.2. The fraction of sp³-hybridized carbons (Fsp3) is 0.136. The highest BCUT2D eigenvalue weighted by Gasteiger charge is 2.17. The standard InChI is InChI=1S/C22H20N2O2S/c1-16(2)27(25,26)24-22-6-4-3-5-21(22)20-13-11-19(12-14-20)18-9-7-17(15-23)8-10-18/h3-14,16,24H,1-2H3. The zero-order valence-corrected chi connectivity index (χ0v) is 16.0. The van der Waals surface area contributed by atoms with Crippen LogP contribution in [0.25, 0.3) is 22.3 Å². The molecule has 27 heavy (non-hydrogen) atoms. The number of hydrogen-bond donors (Lipinski definition) is 1. The van der Waals surface area contributed by atoms with Crippen LogP contribution in [0.2, 0.25) is 0 Å². The van der Waals surface area contributed by atoms with Crippen molar-refractivity contribution in [3.05, 3.63) is 78.4 Å². The van der Waals surface area contributed by atoms with Crippen LogP contribution in [0.3, 0.4) is 0 Å². The number of nitrogens with zero attached hydrogens (tertiary/aromatic N) is 1. The van der Waals surface area contributed by atoms with Crippen molar-refractivity contribution in [3.63, 3.8) is 0 Å². The Morgan fingerprint density at radius 1 is 0.815 bits per heavy atom. The molecule has 3 aromatic carbocycles. The molecular formula is C22H20N2O2S. The molecule has 0 unspecified atom stereocenters. The summed E-state index contributed by atoms with van der Waals surface area (Å²) in [5.41, 5.74) is 5.00. The van der Waals surface area contributed by atoms with Crippen molar-refractivity contribution in [2.24, 2.45) is 0 Å². The first kappa shape index (κ1) is 18.7. The van der Waals surface area contributed by atoms with Crippen LogP contribution in [0.1, 0.15) is 19.4 Å². The van der Waals surface area contributed by atoms with E-state index in [0.29, 0.717) is 11.3 Å². The van der Waals surface area contributed by atoms with E-state index in [4.69, 9.17) is 5.26 Å². The summed E-state index contributed by atoms with van der Waals surface area (Å²) in [4.78, 5) is 0. The van der Waals surface area contributed by atoms with Gasteiger partial charge in [-0.3, -0.25) is 4.72 Å². The van der Waals surface area contributed by atoms with Crippen LogP contribution in [0, 0.1) is 11.3 Å². The maximum Gasteiger partial charge on any atom is 0.235 e. The van der Waals surface area contributed by atoms with Gasteiger partial charge in [-0.25, -0.2) is 8.42 Å². The Kier molecular flexibility index (Phi) is 5.29. The van der Waals surface area contributed by atoms with Gasteiger partial charge in [0.2, 0.25) is 10.0 Å². The number of nitrogens with one attached hydrogen (secondary N) is 1. The summed E-state index contributed by atoms with van der Waals surface area (Å²) in [5.74, 6) is 0. The van der Waals surface area contributed by atoms with Gasteiger partial charge in [0, 0.05) is 5.56 Å². The average Bonchev–Trinajstić information content (AvgIpc) is 2.68. The van der Waals surface area contributed by atoms with Crippen molar-refractivity contribution in [1.29, 1.82) is 5.26 Å². The fourth-order valence-electron chi connectivity index (χ4n) is 2.67. The molecule has 3 rings (SSSR count). The van der Waals surface area contributed by atoms with Crippen LogP contribution >= 0.6 is 0 Å². The number of nitriles is 1. The van der Waals surface area contributed by atoms with Crippen molar-refractivity contribution in [1.82, 2.24) is 0 Å². The van der Waals surface area contributed by atoms with Crippen molar-refractivity contribution in [2.45, 2.75) is 19.1 Å². The first-order valence-electron chi connectivity index (χ1n) is 8.62. The fourth-order valence-corrected chi connectivity index (χ4v) is 3.39. The Morgan fingerprint density at radius 2 is 1.33 bits per heavy atom. The van der Waals surface area contributed by atoms with Gasteiger partial charge in [0.05, 0.1) is 22.6 Å². The second-order valence-corrected chi connectivity index (χ2v) is 8.74. The van der Waals surface area contributed by atoms with Gasteiger partial charge in [-0.05, 0) is 48.7 Å². The Hall–Kier alpha value is -3.10. The molecule has 1 N–H and O–H groups in total. The van der Waals surface area contributed by atoms with E-state index in [-0.39, 0.29) is 0 Å². The molecule has 0 saturated carbocycles. The molecule has 0 amide bonds. The van der Waals surface area contributed by atoms with Crippen LogP contribution in [0.4, 0.5) is 5.69 Å². The highest BCUT2D eigenvalue weighted by atomic mass is 32.2. The van der Waals surface area contributed by atoms with E-state index in [1.807, 2.05) is 54.6 Å². The normalized spacial score (nSPS) is 11.2. The van der Waals surface area contributed by atoms with E-state index in [0.717, 1.165) is 22.3 Å². The van der Waals surface area contributed by atoms with Crippen LogP contribution < -0.4 is 4.72 Å². The topological polar surface area (TPSA) is 70.0 Å². The van der Waals surface area contributed by atoms with E-state index in [1.165, 1.54) is 0 Å². The SMILES string of the molecule is CC(C)S(=O)(=O)Nc1ccccc1-c1ccc(-c2ccc(C#N)cc2)cc1. The predicted octanol–water partition coefficient (Wildman–Crippen LogP) is 5.04. The number of rotatable bonds is 5. The van der Waals surface area contributed by atoms with E-state index in [9.17, 15) is 8.42 Å². The average molecular weight is 376 g/mol. The Balaban J connectivity index is 1.93. The second-order valence-electron chi connectivity index (χ2n) is 6.51. The highest BCUT2D eigenvalue weighted by Crippen LogP contribution is 2.31. The summed E-state index contributed by atoms with van der Waals surface area (Å²) in [7, 11) is -3.42. The molecule has 0 heterocycles. The molecule has 0 aromatic heterocycles. The smallest absolute Gasteiger partial charge is 0.235 e. The number of hydrogen-bond acceptors (Lipinski definition) is 3. The minimum absolute atomic E-state index is 0.510. The summed E-state index contributed by atoms with van der Waals surface area (Å²) in [6, 6.07) is 24.8. The molecule has 0 saturated heterocycles. The monoisotopic (exact) mass is 376 g/mol. The van der Waals surface area contributed by atoms with Gasteiger partial charge in [0.25, 0.3) is 0 Å². The first-order valence-corrected chi connectivity index (χ1v) is 10.2. The molecular weight excluding hydrogens is 356 g/mol. The third kappa shape index (κ3) is 4.18. The van der Waals surface area contributed by atoms with Crippen molar-refractivity contribution < 1.29 is 8.42 Å². The number of sulfonamides is 1. The molecule has 0 fully saturated rings. The Labute approximate surface area is 160 Å². The van der Waals surface area contributed by atoms with Crippen LogP contribution in [-0.2, 0) is 10.0 Å². The molecule has 0 aliphatic carbocycles. The van der Waals surface area contributed by atoms with Gasteiger partial charge in [0.1, 0.15) is 0 Å². The zero-order valence-electron chi connectivity index (χ0n) is 15.2. The summed E-state index contributed by atoms with van der Waals surface area (Å²) >= 11 is 0. The van der Waals surface area contributed by atoms with Gasteiger partial charge in [-0.2, -0.15) is 5.26 Å². The molecule has 5 heteroatoms. The van der Waals surface area contributed by atoms with Crippen LogP contribution in [0.15, 0.2) is 72.8 Å². The molecule has 0 aliphatic rings. The van der Waals surface area contributed by atoms with Crippen LogP contribution in [0.5, 0.6) is 0 Å². The first-order chi connectivity index (χ1) is 12.9. The van der Waals surface area contributed by atoms with Crippen molar-refractivity contribution >= 4 is 15.7 Å². The predicted molar refractivity (Wildman–Crippen MR) is 110 cm³/mol. The third-order valence-corrected chi connectivity index (χ3v) is 6.09. The van der Waals surface area contributed by atoms with Gasteiger partial charge in [0.15, 0.2) is 0 Å². The quantitative estimate of drug-likeness (QED) is 0.678. The Bertz CT molecular complexity index is 1080. The third-order valence-electron chi connectivity index (χ3n) is 4.34. The number of benzene rings is 3. The molecule has 0 aliphatic heterocycles. The summed E-state index contributed by atoms with van der Waals surface area (Å²) < 4.78 is 27.2. The number of para-hydroxylation sites is 1.